The van der Waals surface area contributed by atoms with Crippen molar-refractivity contribution in [3.05, 3.63) is 77.9 Å². The van der Waals surface area contributed by atoms with Gasteiger partial charge in [0.2, 0.25) is 0 Å². The Hall–Kier alpha value is -2.66. The fourth-order valence-electron chi connectivity index (χ4n) is 3.22. The molecule has 0 radical (unpaired) electrons. The van der Waals surface area contributed by atoms with E-state index in [1.807, 2.05) is 57.2 Å². The number of hydrogen-bond donors (Lipinski definition) is 3. The molecule has 0 saturated heterocycles. The Morgan fingerprint density at radius 1 is 1.12 bits per heavy atom. The molecule has 1 unspecified atom stereocenters. The molecule has 0 saturated carbocycles. The number of aromatic nitrogens is 3. The Kier molecular flexibility index (Phi) is 11.1. The molecule has 0 aliphatic rings. The molecule has 3 aromatic rings. The lowest BCUT2D eigenvalue weighted by molar-refractivity contribution is 0.179. The van der Waals surface area contributed by atoms with Crippen molar-refractivity contribution in [3.63, 3.8) is 0 Å². The Labute approximate surface area is 212 Å². The van der Waals surface area contributed by atoms with E-state index in [1.165, 1.54) is 6.33 Å². The number of halogens is 1. The van der Waals surface area contributed by atoms with Crippen LogP contribution in [-0.2, 0) is 13.1 Å². The van der Waals surface area contributed by atoms with Gasteiger partial charge in [0.05, 0.1) is 25.3 Å². The second-order valence-corrected chi connectivity index (χ2v) is 7.74. The number of rotatable bonds is 10. The highest BCUT2D eigenvalue weighted by atomic mass is 127. The molecule has 8 nitrogen and oxygen atoms in total. The molecule has 1 heterocycles. The highest BCUT2D eigenvalue weighted by molar-refractivity contribution is 14.0. The predicted octanol–water partition coefficient (Wildman–Crippen LogP) is 3.52. The molecule has 33 heavy (non-hydrogen) atoms. The van der Waals surface area contributed by atoms with E-state index in [2.05, 4.69) is 37.8 Å². The Morgan fingerprint density at radius 2 is 1.91 bits per heavy atom. The molecular formula is C24H33IN6O2. The number of ether oxygens (including phenoxy) is 1. The number of aliphatic hydroxyl groups is 1. The van der Waals surface area contributed by atoms with E-state index in [9.17, 15) is 5.11 Å². The van der Waals surface area contributed by atoms with Crippen LogP contribution < -0.4 is 15.4 Å². The summed E-state index contributed by atoms with van der Waals surface area (Å²) in [5.74, 6) is 1.41. The molecule has 9 heteroatoms. The number of nitrogens with one attached hydrogen (secondary N) is 2. The molecule has 178 valence electrons. The second-order valence-electron chi connectivity index (χ2n) is 7.74. The molecule has 0 amide bonds. The molecule has 3 rings (SSSR count). The molecule has 1 atom stereocenters. The van der Waals surface area contributed by atoms with Crippen LogP contribution >= 0.6 is 24.0 Å². The lowest BCUT2D eigenvalue weighted by Gasteiger charge is -2.17. The lowest BCUT2D eigenvalue weighted by Crippen LogP contribution is -2.39. The van der Waals surface area contributed by atoms with Crippen LogP contribution in [0.1, 0.15) is 43.6 Å². The van der Waals surface area contributed by atoms with Gasteiger partial charge in [-0.15, -0.1) is 24.0 Å². The van der Waals surface area contributed by atoms with Crippen molar-refractivity contribution in [2.75, 3.05) is 13.1 Å². The van der Waals surface area contributed by atoms with Crippen LogP contribution in [-0.4, -0.2) is 45.0 Å². The van der Waals surface area contributed by atoms with Crippen LogP contribution in [0.25, 0.3) is 0 Å². The largest absolute Gasteiger partial charge is 0.491 e. The van der Waals surface area contributed by atoms with Crippen LogP contribution in [0, 0.1) is 0 Å². The van der Waals surface area contributed by atoms with E-state index >= 15 is 0 Å². The zero-order valence-corrected chi connectivity index (χ0v) is 21.6. The average molecular weight is 564 g/mol. The van der Waals surface area contributed by atoms with E-state index < -0.39 is 6.10 Å². The quantitative estimate of drug-likeness (QED) is 0.198. The first-order valence-electron chi connectivity index (χ1n) is 10.9. The number of aliphatic hydroxyl groups excluding tert-OH is 1. The van der Waals surface area contributed by atoms with Crippen LogP contribution in [0.3, 0.4) is 0 Å². The Bertz CT molecular complexity index is 994. The zero-order chi connectivity index (χ0) is 22.8. The molecule has 0 aliphatic heterocycles. The summed E-state index contributed by atoms with van der Waals surface area (Å²) in [4.78, 5) is 8.65. The monoisotopic (exact) mass is 564 g/mol. The predicted molar refractivity (Wildman–Crippen MR) is 141 cm³/mol. The maximum atomic E-state index is 10.6. The Balaban J connectivity index is 0.00000385. The second kappa shape index (κ2) is 13.8. The van der Waals surface area contributed by atoms with Gasteiger partial charge in [-0.1, -0.05) is 36.4 Å². The summed E-state index contributed by atoms with van der Waals surface area (Å²) in [6.45, 7) is 8.23. The van der Waals surface area contributed by atoms with Gasteiger partial charge < -0.3 is 20.5 Å². The minimum absolute atomic E-state index is 0. The first-order valence-corrected chi connectivity index (χ1v) is 10.9. The van der Waals surface area contributed by atoms with Gasteiger partial charge in [-0.25, -0.2) is 14.7 Å². The van der Waals surface area contributed by atoms with E-state index in [4.69, 9.17) is 4.74 Å². The first-order chi connectivity index (χ1) is 15.5. The maximum Gasteiger partial charge on any atom is 0.191 e. The Morgan fingerprint density at radius 3 is 2.64 bits per heavy atom. The van der Waals surface area contributed by atoms with Crippen molar-refractivity contribution in [1.29, 1.82) is 0 Å². The van der Waals surface area contributed by atoms with E-state index in [0.717, 1.165) is 29.0 Å². The third kappa shape index (κ3) is 9.01. The van der Waals surface area contributed by atoms with Gasteiger partial charge in [-0.2, -0.15) is 5.10 Å². The van der Waals surface area contributed by atoms with Crippen molar-refractivity contribution < 1.29 is 9.84 Å². The van der Waals surface area contributed by atoms with E-state index in [-0.39, 0.29) is 30.1 Å². The molecule has 1 aromatic heterocycles. The SMILES string of the molecule is CCNC(=NCc1cccc(Cn2cncn2)c1)NCC(O)c1cccc(OC(C)C)c1.I. The summed E-state index contributed by atoms with van der Waals surface area (Å²) in [6.07, 6.45) is 2.64. The first kappa shape index (κ1) is 26.6. The van der Waals surface area contributed by atoms with Gasteiger partial charge in [0, 0.05) is 13.1 Å². The van der Waals surface area contributed by atoms with Crippen molar-refractivity contribution in [2.24, 2.45) is 4.99 Å². The summed E-state index contributed by atoms with van der Waals surface area (Å²) >= 11 is 0. The summed E-state index contributed by atoms with van der Waals surface area (Å²) in [6, 6.07) is 15.8. The smallest absolute Gasteiger partial charge is 0.191 e. The van der Waals surface area contributed by atoms with Gasteiger partial charge in [0.1, 0.15) is 18.4 Å². The van der Waals surface area contributed by atoms with Crippen LogP contribution in [0.5, 0.6) is 5.75 Å². The fraction of sp³-hybridized carbons (Fsp3) is 0.375. The van der Waals surface area contributed by atoms with E-state index in [0.29, 0.717) is 25.6 Å². The van der Waals surface area contributed by atoms with Gasteiger partial charge in [-0.05, 0) is 49.6 Å². The minimum atomic E-state index is -0.680. The minimum Gasteiger partial charge on any atom is -0.491 e. The van der Waals surface area contributed by atoms with E-state index in [1.54, 1.807) is 11.0 Å². The normalized spacial score (nSPS) is 12.2. The summed E-state index contributed by atoms with van der Waals surface area (Å²) in [5, 5.41) is 21.2. The number of guanidine groups is 1. The summed E-state index contributed by atoms with van der Waals surface area (Å²) in [5.41, 5.74) is 3.03. The van der Waals surface area contributed by atoms with Crippen molar-refractivity contribution in [3.8, 4) is 5.75 Å². The molecular weight excluding hydrogens is 531 g/mol. The third-order valence-electron chi connectivity index (χ3n) is 4.64. The van der Waals surface area contributed by atoms with Crippen molar-refractivity contribution in [1.82, 2.24) is 25.4 Å². The third-order valence-corrected chi connectivity index (χ3v) is 4.64. The van der Waals surface area contributed by atoms with Gasteiger partial charge >= 0.3 is 0 Å². The number of aliphatic imine (C=N–C) groups is 1. The molecule has 0 aliphatic carbocycles. The number of benzene rings is 2. The number of nitrogens with zero attached hydrogens (tertiary/aromatic N) is 4. The van der Waals surface area contributed by atoms with Crippen LogP contribution in [0.2, 0.25) is 0 Å². The zero-order valence-electron chi connectivity index (χ0n) is 19.3. The summed E-state index contributed by atoms with van der Waals surface area (Å²) in [7, 11) is 0. The molecule has 0 fully saturated rings. The van der Waals surface area contributed by atoms with Crippen LogP contribution in [0.4, 0.5) is 0 Å². The topological polar surface area (TPSA) is 96.6 Å². The average Bonchev–Trinajstić information content (AvgIpc) is 3.28. The number of hydrogen-bond acceptors (Lipinski definition) is 5. The molecule has 0 bridgehead atoms. The molecule has 2 aromatic carbocycles. The fourth-order valence-corrected chi connectivity index (χ4v) is 3.22. The highest BCUT2D eigenvalue weighted by Crippen LogP contribution is 2.20. The van der Waals surface area contributed by atoms with Gasteiger partial charge in [-0.3, -0.25) is 0 Å². The van der Waals surface area contributed by atoms with Gasteiger partial charge in [0.25, 0.3) is 0 Å². The van der Waals surface area contributed by atoms with Crippen LogP contribution in [0.15, 0.2) is 66.2 Å². The standard InChI is InChI=1S/C24H32N6O2.HI/c1-4-26-24(28-14-23(31)21-9-6-10-22(12-21)32-18(2)3)27-13-19-7-5-8-20(11-19)15-30-17-25-16-29-30;/h5-12,16-18,23,31H,4,13-15H2,1-3H3,(H2,26,27,28);1H. The molecule has 0 spiro atoms. The lowest BCUT2D eigenvalue weighted by atomic mass is 10.1. The molecule has 3 N–H and O–H groups in total. The van der Waals surface area contributed by atoms with Gasteiger partial charge in [0.15, 0.2) is 5.96 Å². The maximum absolute atomic E-state index is 10.6. The summed E-state index contributed by atoms with van der Waals surface area (Å²) < 4.78 is 7.51. The highest BCUT2D eigenvalue weighted by Gasteiger charge is 2.10. The van der Waals surface area contributed by atoms with Crippen molar-refractivity contribution in [2.45, 2.75) is 46.1 Å². The van der Waals surface area contributed by atoms with Crippen molar-refractivity contribution >= 4 is 29.9 Å².